The van der Waals surface area contributed by atoms with Crippen LogP contribution in [0.15, 0.2) is 0 Å². The van der Waals surface area contributed by atoms with Crippen molar-refractivity contribution in [2.45, 2.75) is 71.3 Å². The van der Waals surface area contributed by atoms with Crippen LogP contribution in [0.3, 0.4) is 0 Å². The first kappa shape index (κ1) is 15.4. The lowest BCUT2D eigenvalue weighted by Crippen LogP contribution is -2.58. The van der Waals surface area contributed by atoms with Gasteiger partial charge in [0, 0.05) is 5.54 Å². The molecule has 1 rings (SSSR count). The third-order valence-electron chi connectivity index (χ3n) is 4.13. The molecule has 0 heterocycles. The molecule has 18 heavy (non-hydrogen) atoms. The number of carbonyl (C=O) groups is 1. The van der Waals surface area contributed by atoms with Crippen molar-refractivity contribution in [2.24, 2.45) is 11.1 Å². The standard InChI is InChI=1S/C14H26N2OS/c1-4-7-14(8-5-2,11(15)18)12(17)16-13(3)9-6-10-13/h4-10H2,1-3H3,(H2,15,18)(H,16,17). The van der Waals surface area contributed by atoms with Gasteiger partial charge < -0.3 is 11.1 Å². The molecule has 0 atom stereocenters. The minimum Gasteiger partial charge on any atom is -0.392 e. The van der Waals surface area contributed by atoms with Crippen LogP contribution in [-0.2, 0) is 4.79 Å². The second-order valence-corrected chi connectivity index (χ2v) is 6.25. The Morgan fingerprint density at radius 3 is 2.11 bits per heavy atom. The Hall–Kier alpha value is -0.640. The predicted octanol–water partition coefficient (Wildman–Crippen LogP) is 2.92. The van der Waals surface area contributed by atoms with Crippen LogP contribution < -0.4 is 11.1 Å². The summed E-state index contributed by atoms with van der Waals surface area (Å²) in [4.78, 5) is 13.0. The fourth-order valence-corrected chi connectivity index (χ4v) is 3.09. The lowest BCUT2D eigenvalue weighted by molar-refractivity contribution is -0.131. The van der Waals surface area contributed by atoms with Crippen molar-refractivity contribution in [3.63, 3.8) is 0 Å². The van der Waals surface area contributed by atoms with E-state index in [1.54, 1.807) is 0 Å². The van der Waals surface area contributed by atoms with Gasteiger partial charge in [0.2, 0.25) is 5.91 Å². The number of amides is 1. The van der Waals surface area contributed by atoms with E-state index in [1.165, 1.54) is 6.42 Å². The summed E-state index contributed by atoms with van der Waals surface area (Å²) in [5.74, 6) is 0.0425. The van der Waals surface area contributed by atoms with Gasteiger partial charge in [-0.1, -0.05) is 38.9 Å². The van der Waals surface area contributed by atoms with Gasteiger partial charge in [0.05, 0.1) is 10.4 Å². The topological polar surface area (TPSA) is 55.1 Å². The van der Waals surface area contributed by atoms with Gasteiger partial charge in [-0.15, -0.1) is 0 Å². The maximum atomic E-state index is 12.6. The molecule has 1 saturated carbocycles. The van der Waals surface area contributed by atoms with Crippen molar-refractivity contribution < 1.29 is 4.79 Å². The molecule has 1 fully saturated rings. The first-order chi connectivity index (χ1) is 8.40. The van der Waals surface area contributed by atoms with E-state index in [-0.39, 0.29) is 11.4 Å². The summed E-state index contributed by atoms with van der Waals surface area (Å²) in [6.07, 6.45) is 6.65. The van der Waals surface area contributed by atoms with Crippen molar-refractivity contribution in [2.75, 3.05) is 0 Å². The Labute approximate surface area is 116 Å². The van der Waals surface area contributed by atoms with Crippen LogP contribution >= 0.6 is 12.2 Å². The maximum Gasteiger partial charge on any atom is 0.233 e. The molecule has 0 aromatic carbocycles. The van der Waals surface area contributed by atoms with E-state index in [0.29, 0.717) is 4.99 Å². The van der Waals surface area contributed by atoms with Crippen LogP contribution in [0.2, 0.25) is 0 Å². The Balaban J connectivity index is 2.86. The molecule has 104 valence electrons. The smallest absolute Gasteiger partial charge is 0.233 e. The highest BCUT2D eigenvalue weighted by atomic mass is 32.1. The largest absolute Gasteiger partial charge is 0.392 e. The molecule has 4 heteroatoms. The minimum absolute atomic E-state index is 0.0331. The lowest BCUT2D eigenvalue weighted by Gasteiger charge is -2.42. The summed E-state index contributed by atoms with van der Waals surface area (Å²) in [5, 5.41) is 3.18. The average molecular weight is 270 g/mol. The van der Waals surface area contributed by atoms with E-state index in [0.717, 1.165) is 38.5 Å². The summed E-state index contributed by atoms with van der Waals surface area (Å²) >= 11 is 5.20. The molecule has 0 saturated heterocycles. The number of thiocarbonyl (C=S) groups is 1. The Morgan fingerprint density at radius 2 is 1.83 bits per heavy atom. The third kappa shape index (κ3) is 3.02. The molecule has 0 aliphatic heterocycles. The lowest BCUT2D eigenvalue weighted by atomic mass is 9.74. The summed E-state index contributed by atoms with van der Waals surface area (Å²) in [6, 6.07) is 0. The second kappa shape index (κ2) is 6.00. The van der Waals surface area contributed by atoms with Crippen molar-refractivity contribution in [1.82, 2.24) is 5.32 Å². The molecule has 0 spiro atoms. The Morgan fingerprint density at radius 1 is 1.33 bits per heavy atom. The molecule has 3 N–H and O–H groups in total. The normalized spacial score (nSPS) is 17.9. The summed E-state index contributed by atoms with van der Waals surface area (Å²) in [5.41, 5.74) is 5.22. The SMILES string of the molecule is CCCC(CCC)(C(=O)NC1(C)CCC1)C(N)=S. The fraction of sp³-hybridized carbons (Fsp3) is 0.857. The second-order valence-electron chi connectivity index (χ2n) is 5.81. The zero-order valence-corrected chi connectivity index (χ0v) is 12.7. The number of rotatable bonds is 7. The summed E-state index contributed by atoms with van der Waals surface area (Å²) in [6.45, 7) is 6.25. The number of nitrogens with two attached hydrogens (primary N) is 1. The molecule has 1 aliphatic rings. The molecule has 0 aromatic rings. The highest BCUT2D eigenvalue weighted by Gasteiger charge is 2.44. The first-order valence-corrected chi connectivity index (χ1v) is 7.43. The zero-order valence-electron chi connectivity index (χ0n) is 11.8. The minimum atomic E-state index is -0.641. The number of hydrogen-bond acceptors (Lipinski definition) is 2. The van der Waals surface area contributed by atoms with Crippen LogP contribution in [0.5, 0.6) is 0 Å². The zero-order chi connectivity index (χ0) is 13.8. The van der Waals surface area contributed by atoms with Crippen molar-refractivity contribution in [1.29, 1.82) is 0 Å². The molecule has 0 aromatic heterocycles. The molecule has 1 aliphatic carbocycles. The van der Waals surface area contributed by atoms with Gasteiger partial charge in [0.15, 0.2) is 0 Å². The number of hydrogen-bond donors (Lipinski definition) is 2. The molecular formula is C14H26N2OS. The number of carbonyl (C=O) groups excluding carboxylic acids is 1. The van der Waals surface area contributed by atoms with Gasteiger partial charge in [0.1, 0.15) is 0 Å². The van der Waals surface area contributed by atoms with E-state index in [4.69, 9.17) is 18.0 Å². The van der Waals surface area contributed by atoms with Gasteiger partial charge in [0.25, 0.3) is 0 Å². The van der Waals surface area contributed by atoms with E-state index in [2.05, 4.69) is 26.1 Å². The third-order valence-corrected chi connectivity index (χ3v) is 4.52. The summed E-state index contributed by atoms with van der Waals surface area (Å²) in [7, 11) is 0. The molecule has 0 radical (unpaired) electrons. The number of nitrogens with one attached hydrogen (secondary N) is 1. The Bertz CT molecular complexity index is 318. The maximum absolute atomic E-state index is 12.6. The molecule has 0 unspecified atom stereocenters. The Kier molecular flexibility index (Phi) is 5.14. The van der Waals surface area contributed by atoms with Crippen LogP contribution in [0.25, 0.3) is 0 Å². The molecule has 3 nitrogen and oxygen atoms in total. The van der Waals surface area contributed by atoms with E-state index in [9.17, 15) is 4.79 Å². The van der Waals surface area contributed by atoms with Gasteiger partial charge >= 0.3 is 0 Å². The van der Waals surface area contributed by atoms with Gasteiger partial charge in [-0.2, -0.15) is 0 Å². The quantitative estimate of drug-likeness (QED) is 0.699. The van der Waals surface area contributed by atoms with E-state index >= 15 is 0 Å². The molecular weight excluding hydrogens is 244 g/mol. The first-order valence-electron chi connectivity index (χ1n) is 7.03. The van der Waals surface area contributed by atoms with Gasteiger partial charge in [-0.25, -0.2) is 0 Å². The van der Waals surface area contributed by atoms with Crippen LogP contribution in [0.1, 0.15) is 65.7 Å². The van der Waals surface area contributed by atoms with Gasteiger partial charge in [-0.3, -0.25) is 4.79 Å². The van der Waals surface area contributed by atoms with Crippen molar-refractivity contribution in [3.05, 3.63) is 0 Å². The van der Waals surface area contributed by atoms with Crippen molar-refractivity contribution >= 4 is 23.1 Å². The molecule has 1 amide bonds. The summed E-state index contributed by atoms with van der Waals surface area (Å²) < 4.78 is 0. The fourth-order valence-electron chi connectivity index (χ4n) is 2.79. The van der Waals surface area contributed by atoms with E-state index < -0.39 is 5.41 Å². The van der Waals surface area contributed by atoms with Crippen LogP contribution in [0.4, 0.5) is 0 Å². The highest BCUT2D eigenvalue weighted by molar-refractivity contribution is 7.80. The predicted molar refractivity (Wildman–Crippen MR) is 79.4 cm³/mol. The monoisotopic (exact) mass is 270 g/mol. The van der Waals surface area contributed by atoms with Crippen LogP contribution in [-0.4, -0.2) is 16.4 Å². The highest BCUT2D eigenvalue weighted by Crippen LogP contribution is 2.36. The van der Waals surface area contributed by atoms with Gasteiger partial charge in [-0.05, 0) is 39.0 Å². The van der Waals surface area contributed by atoms with E-state index in [1.807, 2.05) is 0 Å². The average Bonchev–Trinajstić information content (AvgIpc) is 2.26. The molecule has 0 bridgehead atoms. The van der Waals surface area contributed by atoms with Crippen LogP contribution in [0, 0.1) is 5.41 Å². The van der Waals surface area contributed by atoms with Crippen molar-refractivity contribution in [3.8, 4) is 0 Å².